The number of hydrogen-bond acceptors (Lipinski definition) is 8. The molecule has 8 nitrogen and oxygen atoms in total. The summed E-state index contributed by atoms with van der Waals surface area (Å²) in [6, 6.07) is 26.1. The van der Waals surface area contributed by atoms with Crippen LogP contribution >= 0.6 is 11.6 Å². The normalized spacial score (nSPS) is 23.3. The van der Waals surface area contributed by atoms with Crippen LogP contribution in [0.5, 0.6) is 6.01 Å². The Bertz CT molecular complexity index is 3000. The van der Waals surface area contributed by atoms with Gasteiger partial charge in [-0.05, 0) is 59.6 Å². The van der Waals surface area contributed by atoms with Crippen LogP contribution in [0.1, 0.15) is 80.2 Å². The number of hydrogen-bond donors (Lipinski definition) is 0. The molecule has 4 aliphatic rings. The Kier molecular flexibility index (Phi) is 12.0. The molecule has 10 rings (SSSR count). The highest BCUT2D eigenvalue weighted by atomic mass is 35.5. The number of aromatic nitrogens is 3. The molecule has 5 atom stereocenters. The summed E-state index contributed by atoms with van der Waals surface area (Å²) in [5.41, 5.74) is 7.17. The number of benzene rings is 4. The molecule has 13 heteroatoms. The predicted molar refractivity (Wildman–Crippen MR) is 270 cm³/mol. The van der Waals surface area contributed by atoms with Gasteiger partial charge >= 0.3 is 6.01 Å². The molecule has 2 aromatic heterocycles. The van der Waals surface area contributed by atoms with E-state index in [-0.39, 0.29) is 55.1 Å². The van der Waals surface area contributed by atoms with Crippen molar-refractivity contribution < 1.29 is 25.4 Å². The number of aliphatic imine (C=N–C) groups is 1. The number of ether oxygens (including phenoxy) is 2. The van der Waals surface area contributed by atoms with Crippen LogP contribution in [0.15, 0.2) is 96.1 Å². The smallest absolute Gasteiger partial charge is 0.319 e. The van der Waals surface area contributed by atoms with Gasteiger partial charge in [0.1, 0.15) is 44.0 Å². The van der Waals surface area contributed by atoms with E-state index in [1.165, 1.54) is 6.20 Å². The highest BCUT2D eigenvalue weighted by Crippen LogP contribution is 2.47. The first kappa shape index (κ1) is 43.9. The SMILES string of the molecule is [2H]C([2H])(Oc1nc(N2CCOC[C@H]3[C@H](F)[C@H]32)c2cnc(-c3cc(N=C(c4ccccc4)c4ccccc4)cc4ccc(Cl)c(C#C[Si](C(C)C)(C(C)C)C(C)C)c34)c(F)c2n1)[C@@]12CCCN1C[C@H](F)C2. The summed E-state index contributed by atoms with van der Waals surface area (Å²) in [4.78, 5) is 23.1. The van der Waals surface area contributed by atoms with E-state index < -0.39 is 56.3 Å². The van der Waals surface area contributed by atoms with Crippen molar-refractivity contribution in [3.05, 3.63) is 119 Å². The Balaban J connectivity index is 1.23. The second-order valence-corrected chi connectivity index (χ2v) is 25.8. The lowest BCUT2D eigenvalue weighted by Crippen LogP contribution is -2.43. The Morgan fingerprint density at radius 2 is 1.68 bits per heavy atom. The van der Waals surface area contributed by atoms with Gasteiger partial charge in [-0.25, -0.2) is 18.2 Å². The van der Waals surface area contributed by atoms with E-state index in [1.54, 1.807) is 15.9 Å². The lowest BCUT2D eigenvalue weighted by Gasteiger charge is -2.38. The van der Waals surface area contributed by atoms with E-state index >= 15 is 13.2 Å². The summed E-state index contributed by atoms with van der Waals surface area (Å²) >= 11 is 7.21. The first-order valence-corrected chi connectivity index (χ1v) is 26.6. The van der Waals surface area contributed by atoms with Crippen molar-refractivity contribution in [2.75, 3.05) is 44.3 Å². The summed E-state index contributed by atoms with van der Waals surface area (Å²) in [7, 11) is -2.31. The molecule has 1 saturated carbocycles. The third kappa shape index (κ3) is 8.27. The molecular formula is C55H58ClF3N6O2Si. The first-order chi connectivity index (χ1) is 33.5. The van der Waals surface area contributed by atoms with Crippen molar-refractivity contribution in [2.45, 2.75) is 101 Å². The van der Waals surface area contributed by atoms with Gasteiger partial charge in [-0.1, -0.05) is 126 Å². The number of anilines is 1. The highest BCUT2D eigenvalue weighted by molar-refractivity contribution is 6.90. The van der Waals surface area contributed by atoms with Crippen LogP contribution in [-0.2, 0) is 4.74 Å². The summed E-state index contributed by atoms with van der Waals surface area (Å²) in [5, 5.41) is 1.88. The van der Waals surface area contributed by atoms with Crippen LogP contribution in [-0.4, -0.2) is 97.0 Å². The number of fused-ring (bicyclic) bond motifs is 4. The van der Waals surface area contributed by atoms with Crippen molar-refractivity contribution in [1.29, 1.82) is 0 Å². The van der Waals surface area contributed by atoms with E-state index in [0.29, 0.717) is 74.3 Å². The van der Waals surface area contributed by atoms with Crippen LogP contribution in [0.3, 0.4) is 0 Å². The molecule has 4 aromatic carbocycles. The maximum atomic E-state index is 18.3. The lowest BCUT2D eigenvalue weighted by atomic mass is 9.95. The topological polar surface area (TPSA) is 76.0 Å². The Morgan fingerprint density at radius 1 is 0.971 bits per heavy atom. The fourth-order valence-electron chi connectivity index (χ4n) is 11.6. The van der Waals surface area contributed by atoms with Crippen molar-refractivity contribution in [3.8, 4) is 28.7 Å². The van der Waals surface area contributed by atoms with Crippen molar-refractivity contribution in [1.82, 2.24) is 19.9 Å². The zero-order valence-electron chi connectivity index (χ0n) is 41.4. The number of halogens is 4. The zero-order chi connectivity index (χ0) is 49.3. The molecule has 1 aliphatic carbocycles. The Hall–Kier alpha value is -5.32. The zero-order valence-corrected chi connectivity index (χ0v) is 41.1. The average molecular weight is 958 g/mol. The summed E-state index contributed by atoms with van der Waals surface area (Å²) in [6.45, 7) is 12.3. The van der Waals surface area contributed by atoms with Crippen molar-refractivity contribution >= 4 is 58.6 Å². The molecule has 6 aromatic rings. The van der Waals surface area contributed by atoms with E-state index in [9.17, 15) is 2.74 Å². The molecule has 0 amide bonds. The molecule has 3 aliphatic heterocycles. The highest BCUT2D eigenvalue weighted by Gasteiger charge is 2.57. The molecule has 0 N–H and O–H groups in total. The maximum Gasteiger partial charge on any atom is 0.319 e. The minimum atomic E-state index is -2.48. The number of alkyl halides is 2. The van der Waals surface area contributed by atoms with E-state index in [2.05, 4.69) is 58.0 Å². The summed E-state index contributed by atoms with van der Waals surface area (Å²) in [6.07, 6.45) is 0.00137. The third-order valence-electron chi connectivity index (χ3n) is 14.9. The van der Waals surface area contributed by atoms with Crippen molar-refractivity contribution in [3.63, 3.8) is 0 Å². The molecule has 0 bridgehead atoms. The Morgan fingerprint density at radius 3 is 2.37 bits per heavy atom. The molecule has 352 valence electrons. The van der Waals surface area contributed by atoms with E-state index in [1.807, 2.05) is 78.9 Å². The second-order valence-electron chi connectivity index (χ2n) is 19.8. The molecular weight excluding hydrogens is 897 g/mol. The fourth-order valence-corrected chi connectivity index (χ4v) is 17.0. The van der Waals surface area contributed by atoms with Gasteiger partial charge in [0.15, 0.2) is 5.82 Å². The summed E-state index contributed by atoms with van der Waals surface area (Å²) < 4.78 is 79.6. The number of pyridine rings is 1. The second kappa shape index (κ2) is 18.5. The Labute approximate surface area is 406 Å². The first-order valence-electron chi connectivity index (χ1n) is 25.0. The monoisotopic (exact) mass is 956 g/mol. The van der Waals surface area contributed by atoms with Crippen LogP contribution in [0.25, 0.3) is 32.9 Å². The van der Waals surface area contributed by atoms with Gasteiger partial charge < -0.3 is 14.4 Å². The fraction of sp³-hybridized carbons (Fsp3) is 0.418. The van der Waals surface area contributed by atoms with Crippen LogP contribution in [0, 0.1) is 23.2 Å². The van der Waals surface area contributed by atoms with Gasteiger partial charge in [-0.2, -0.15) is 9.97 Å². The van der Waals surface area contributed by atoms with Gasteiger partial charge in [0.2, 0.25) is 0 Å². The van der Waals surface area contributed by atoms with Crippen LogP contribution in [0.2, 0.25) is 21.6 Å². The molecule has 5 heterocycles. The quantitative estimate of drug-likeness (QED) is 0.0727. The molecule has 68 heavy (non-hydrogen) atoms. The maximum absolute atomic E-state index is 18.3. The summed E-state index contributed by atoms with van der Waals surface area (Å²) in [5.74, 6) is 2.48. The van der Waals surface area contributed by atoms with Gasteiger partial charge in [0.25, 0.3) is 0 Å². The number of nitrogens with zero attached hydrogens (tertiary/aromatic N) is 6. The van der Waals surface area contributed by atoms with E-state index in [0.717, 1.165) is 11.1 Å². The average Bonchev–Trinajstić information content (AvgIpc) is 3.69. The lowest BCUT2D eigenvalue weighted by molar-refractivity contribution is 0.107. The standard InChI is InChI=1S/C55H58ClF3N6O2Si/c1-33(2)68(34(3)4,35(5)6)25-20-41-45(56)19-18-38-26-40(61-49(36-14-9-7-10-15-36)37-16-11-8-12-17-37)27-42(46(38)41)50-48(59)51-43(29-60-50)53(65-23-24-66-31-44-47(58)52(44)65)63-54(62-51)67-32-55-21-13-22-64(55)30-39(57)28-55/h7-12,14-19,26-27,29,33-35,39,44,47,52H,13,21-24,28,30-32H2,1-6H3/t39-,44+,47+,52+,55+/m1/s1/i32D2. The van der Waals surface area contributed by atoms with Crippen LogP contribution < -0.4 is 9.64 Å². The molecule has 0 spiro atoms. The minimum absolute atomic E-state index is 0.0648. The third-order valence-corrected chi connectivity index (χ3v) is 21.5. The molecule has 4 fully saturated rings. The largest absolute Gasteiger partial charge is 0.461 e. The van der Waals surface area contributed by atoms with E-state index in [4.69, 9.17) is 36.0 Å². The van der Waals surface area contributed by atoms with Gasteiger partial charge in [0.05, 0.1) is 54.9 Å². The van der Waals surface area contributed by atoms with Gasteiger partial charge in [-0.3, -0.25) is 9.88 Å². The number of rotatable bonds is 11. The predicted octanol–water partition coefficient (Wildman–Crippen LogP) is 12.5. The van der Waals surface area contributed by atoms with Gasteiger partial charge in [0, 0.05) is 53.7 Å². The molecule has 0 radical (unpaired) electrons. The van der Waals surface area contributed by atoms with Crippen molar-refractivity contribution in [2.24, 2.45) is 10.9 Å². The molecule has 0 unspecified atom stereocenters. The molecule has 3 saturated heterocycles. The van der Waals surface area contributed by atoms with Crippen LogP contribution in [0.4, 0.5) is 24.7 Å². The van der Waals surface area contributed by atoms with Gasteiger partial charge in [-0.15, -0.1) is 5.54 Å². The minimum Gasteiger partial charge on any atom is -0.461 e.